The molecule has 0 aliphatic rings. The number of rotatable bonds is 6. The van der Waals surface area contributed by atoms with E-state index < -0.39 is 0 Å². The molecule has 7 heteroatoms. The highest BCUT2D eigenvalue weighted by molar-refractivity contribution is 6.02. The molecule has 0 fully saturated rings. The number of hydrogen-bond acceptors (Lipinski definition) is 3. The van der Waals surface area contributed by atoms with E-state index in [-0.39, 0.29) is 12.1 Å². The number of aromatic nitrogens is 3. The number of nitrogens with two attached hydrogens (primary N) is 2. The number of benzene rings is 2. The molecule has 0 aliphatic carbocycles. The lowest BCUT2D eigenvalue weighted by Gasteiger charge is -2.03. The fourth-order valence-electron chi connectivity index (χ4n) is 4.32. The molecule has 182 valence electrons. The zero-order valence-electron chi connectivity index (χ0n) is 21.0. The maximum Gasteiger partial charge on any atom is 0.125 e. The van der Waals surface area contributed by atoms with Gasteiger partial charge in [-0.15, -0.1) is 0 Å². The summed E-state index contributed by atoms with van der Waals surface area (Å²) in [4.78, 5) is 20.5. The zero-order chi connectivity index (χ0) is 25.4. The Bertz CT molecular complexity index is 1500. The lowest BCUT2D eigenvalue weighted by molar-refractivity contribution is 0.834. The molecule has 5 rings (SSSR count). The number of hydrogen-bond donors (Lipinski definition) is 4. The summed E-state index contributed by atoms with van der Waals surface area (Å²) in [6.45, 7) is 8.06. The molecule has 0 unspecified atom stereocenters. The summed E-state index contributed by atoms with van der Waals surface area (Å²) < 4.78 is 0. The van der Waals surface area contributed by atoms with Crippen molar-refractivity contribution >= 4 is 33.5 Å². The smallest absolute Gasteiger partial charge is 0.125 e. The summed E-state index contributed by atoms with van der Waals surface area (Å²) in [5, 5.41) is 2.21. The second-order valence-corrected chi connectivity index (χ2v) is 9.65. The second-order valence-electron chi connectivity index (χ2n) is 9.65. The van der Waals surface area contributed by atoms with Gasteiger partial charge in [0.1, 0.15) is 11.7 Å². The lowest BCUT2D eigenvalue weighted by atomic mass is 10.1. The average Bonchev–Trinajstić information content (AvgIpc) is 3.46. The first-order chi connectivity index (χ1) is 17.3. The number of fused-ring (bicyclic) bond motifs is 2. The van der Waals surface area contributed by atoms with Crippen LogP contribution in [0.4, 0.5) is 0 Å². The SMILES string of the molecule is CC(C)N=C(N)c1ccc2cc(-c3cncc(-c4cc5ccc(C(N)=NC(C)C)cc5[nH]4)c3)[nH]c2c1. The monoisotopic (exact) mass is 477 g/mol. The average molecular weight is 478 g/mol. The molecule has 0 atom stereocenters. The van der Waals surface area contributed by atoms with Crippen LogP contribution >= 0.6 is 0 Å². The number of amidine groups is 2. The van der Waals surface area contributed by atoms with Gasteiger partial charge in [0.25, 0.3) is 0 Å². The van der Waals surface area contributed by atoms with Crippen molar-refractivity contribution < 1.29 is 0 Å². The first-order valence-electron chi connectivity index (χ1n) is 12.2. The van der Waals surface area contributed by atoms with E-state index >= 15 is 0 Å². The van der Waals surface area contributed by atoms with Crippen LogP contribution in [0.25, 0.3) is 44.3 Å². The minimum absolute atomic E-state index is 0.149. The summed E-state index contributed by atoms with van der Waals surface area (Å²) in [6.07, 6.45) is 3.74. The van der Waals surface area contributed by atoms with Crippen LogP contribution < -0.4 is 11.5 Å². The fraction of sp³-hybridized carbons (Fsp3) is 0.207. The van der Waals surface area contributed by atoms with Crippen LogP contribution in [0.5, 0.6) is 0 Å². The summed E-state index contributed by atoms with van der Waals surface area (Å²) in [6, 6.07) is 18.9. The van der Waals surface area contributed by atoms with Gasteiger partial charge in [0.15, 0.2) is 0 Å². The molecule has 2 aromatic carbocycles. The van der Waals surface area contributed by atoms with Crippen molar-refractivity contribution in [2.75, 3.05) is 0 Å². The molecule has 36 heavy (non-hydrogen) atoms. The van der Waals surface area contributed by atoms with E-state index in [1.54, 1.807) is 0 Å². The number of nitrogens with zero attached hydrogens (tertiary/aromatic N) is 3. The topological polar surface area (TPSA) is 121 Å². The summed E-state index contributed by atoms with van der Waals surface area (Å²) in [5.41, 5.74) is 20.2. The summed E-state index contributed by atoms with van der Waals surface area (Å²) >= 11 is 0. The van der Waals surface area contributed by atoms with Crippen molar-refractivity contribution in [1.29, 1.82) is 0 Å². The minimum atomic E-state index is 0.149. The van der Waals surface area contributed by atoms with E-state index in [4.69, 9.17) is 11.5 Å². The maximum absolute atomic E-state index is 6.18. The number of H-pyrrole nitrogens is 2. The normalized spacial score (nSPS) is 12.9. The Labute approximate surface area is 210 Å². The Balaban J connectivity index is 1.48. The second kappa shape index (κ2) is 9.34. The highest BCUT2D eigenvalue weighted by Crippen LogP contribution is 2.29. The quantitative estimate of drug-likeness (QED) is 0.188. The van der Waals surface area contributed by atoms with Crippen molar-refractivity contribution in [3.63, 3.8) is 0 Å². The molecular formula is C29H31N7. The van der Waals surface area contributed by atoms with Crippen LogP contribution in [0.1, 0.15) is 38.8 Å². The van der Waals surface area contributed by atoms with Gasteiger partial charge in [0.05, 0.1) is 0 Å². The van der Waals surface area contributed by atoms with Crippen LogP contribution in [0.3, 0.4) is 0 Å². The Kier molecular flexibility index (Phi) is 6.06. The third-order valence-corrected chi connectivity index (χ3v) is 5.99. The third kappa shape index (κ3) is 4.73. The molecule has 3 heterocycles. The van der Waals surface area contributed by atoms with Gasteiger partial charge in [0, 0.05) is 79.9 Å². The summed E-state index contributed by atoms with van der Waals surface area (Å²) in [7, 11) is 0. The molecule has 6 N–H and O–H groups in total. The van der Waals surface area contributed by atoms with Crippen LogP contribution in [0, 0.1) is 0 Å². The van der Waals surface area contributed by atoms with Crippen molar-refractivity contribution in [2.45, 2.75) is 39.8 Å². The fourth-order valence-corrected chi connectivity index (χ4v) is 4.32. The first kappa shape index (κ1) is 23.4. The number of aliphatic imine (C=N–C) groups is 2. The molecular weight excluding hydrogens is 446 g/mol. The van der Waals surface area contributed by atoms with Gasteiger partial charge in [-0.05, 0) is 58.0 Å². The van der Waals surface area contributed by atoms with E-state index in [9.17, 15) is 0 Å². The molecule has 0 amide bonds. The Morgan fingerprint density at radius 2 is 1.11 bits per heavy atom. The predicted octanol–water partition coefficient (Wildman–Crippen LogP) is 5.61. The molecule has 0 bridgehead atoms. The first-order valence-corrected chi connectivity index (χ1v) is 12.2. The van der Waals surface area contributed by atoms with Crippen LogP contribution in [0.15, 0.2) is 77.0 Å². The van der Waals surface area contributed by atoms with Crippen molar-refractivity contribution in [3.8, 4) is 22.5 Å². The molecule has 3 aromatic heterocycles. The highest BCUT2D eigenvalue weighted by atomic mass is 14.9. The van der Waals surface area contributed by atoms with E-state index in [1.807, 2.05) is 64.4 Å². The van der Waals surface area contributed by atoms with Crippen LogP contribution in [-0.4, -0.2) is 38.7 Å². The highest BCUT2D eigenvalue weighted by Gasteiger charge is 2.11. The van der Waals surface area contributed by atoms with E-state index in [0.29, 0.717) is 11.7 Å². The minimum Gasteiger partial charge on any atom is -0.383 e. The lowest BCUT2D eigenvalue weighted by Crippen LogP contribution is -2.15. The van der Waals surface area contributed by atoms with Crippen molar-refractivity contribution in [1.82, 2.24) is 15.0 Å². The van der Waals surface area contributed by atoms with Gasteiger partial charge in [-0.2, -0.15) is 0 Å². The van der Waals surface area contributed by atoms with E-state index in [2.05, 4.69) is 55.3 Å². The summed E-state index contributed by atoms with van der Waals surface area (Å²) in [5.74, 6) is 1.09. The zero-order valence-corrected chi connectivity index (χ0v) is 21.0. The number of nitrogens with one attached hydrogen (secondary N) is 2. The van der Waals surface area contributed by atoms with Crippen LogP contribution in [-0.2, 0) is 0 Å². The van der Waals surface area contributed by atoms with Crippen molar-refractivity contribution in [2.24, 2.45) is 21.5 Å². The predicted molar refractivity (Wildman–Crippen MR) is 151 cm³/mol. The Hall–Kier alpha value is -4.39. The van der Waals surface area contributed by atoms with Gasteiger partial charge >= 0.3 is 0 Å². The molecule has 0 saturated heterocycles. The molecule has 0 radical (unpaired) electrons. The van der Waals surface area contributed by atoms with Crippen molar-refractivity contribution in [3.05, 3.63) is 78.1 Å². The molecule has 0 spiro atoms. The third-order valence-electron chi connectivity index (χ3n) is 5.99. The molecule has 5 aromatic rings. The van der Waals surface area contributed by atoms with Gasteiger partial charge in [-0.25, -0.2) is 0 Å². The Morgan fingerprint density at radius 1 is 0.667 bits per heavy atom. The molecule has 7 nitrogen and oxygen atoms in total. The van der Waals surface area contributed by atoms with E-state index in [0.717, 1.165) is 55.4 Å². The van der Waals surface area contributed by atoms with Gasteiger partial charge in [-0.1, -0.05) is 24.3 Å². The van der Waals surface area contributed by atoms with Gasteiger partial charge < -0.3 is 21.4 Å². The molecule has 0 aliphatic heterocycles. The number of pyridine rings is 1. The van der Waals surface area contributed by atoms with Crippen LogP contribution in [0.2, 0.25) is 0 Å². The number of aromatic amines is 2. The van der Waals surface area contributed by atoms with Gasteiger partial charge in [-0.3, -0.25) is 15.0 Å². The largest absolute Gasteiger partial charge is 0.383 e. The standard InChI is InChI=1S/C29H31N7/c1-16(2)33-28(30)20-7-5-18-10-26(35-24(18)12-20)22-9-23(15-32-14-22)27-11-19-6-8-21(13-25(19)36-27)29(31)34-17(3)4/h5-17,35-36H,1-4H3,(H2,30,33)(H2,31,34). The Morgan fingerprint density at radius 3 is 1.53 bits per heavy atom. The van der Waals surface area contributed by atoms with E-state index in [1.165, 1.54) is 0 Å². The molecule has 0 saturated carbocycles. The van der Waals surface area contributed by atoms with Gasteiger partial charge in [0.2, 0.25) is 0 Å². The maximum atomic E-state index is 6.18.